The molecule has 0 radical (unpaired) electrons. The van der Waals surface area contributed by atoms with Crippen molar-refractivity contribution in [2.75, 3.05) is 32.8 Å². The molecule has 2 aliphatic rings. The Bertz CT molecular complexity index is 1290. The summed E-state index contributed by atoms with van der Waals surface area (Å²) in [6, 6.07) is 12.5. The van der Waals surface area contributed by atoms with Gasteiger partial charge in [0.05, 0.1) is 17.2 Å². The molecule has 1 fully saturated rings. The third-order valence-corrected chi connectivity index (χ3v) is 8.10. The number of benzene rings is 2. The fourth-order valence-electron chi connectivity index (χ4n) is 4.30. The molecule has 0 aliphatic carbocycles. The van der Waals surface area contributed by atoms with E-state index in [1.807, 2.05) is 38.1 Å². The first-order valence-electron chi connectivity index (χ1n) is 12.2. The summed E-state index contributed by atoms with van der Waals surface area (Å²) in [5.41, 5.74) is 15.3. The highest BCUT2D eigenvalue weighted by molar-refractivity contribution is 7.89. The van der Waals surface area contributed by atoms with Gasteiger partial charge in [-0.25, -0.2) is 18.5 Å². The minimum absolute atomic E-state index is 0.211. The summed E-state index contributed by atoms with van der Waals surface area (Å²) in [5.74, 6) is 0.305. The minimum atomic E-state index is -3.58. The molecule has 0 bridgehead atoms. The van der Waals surface area contributed by atoms with E-state index in [-0.39, 0.29) is 23.1 Å². The predicted molar refractivity (Wildman–Crippen MR) is 141 cm³/mol. The highest BCUT2D eigenvalue weighted by atomic mass is 32.2. The molecule has 10 heteroatoms. The fourth-order valence-corrected chi connectivity index (χ4v) is 5.94. The number of carbonyl (C=O) groups is 1. The van der Waals surface area contributed by atoms with Crippen LogP contribution in [-0.4, -0.2) is 62.3 Å². The lowest BCUT2D eigenvalue weighted by Crippen LogP contribution is -2.52. The zero-order chi connectivity index (χ0) is 25.9. The number of carbonyl (C=O) groups excluding carboxylic acids is 1. The Morgan fingerprint density at radius 1 is 1.17 bits per heavy atom. The van der Waals surface area contributed by atoms with Gasteiger partial charge in [-0.3, -0.25) is 9.63 Å². The van der Waals surface area contributed by atoms with Crippen LogP contribution >= 0.6 is 0 Å². The topological polar surface area (TPSA) is 131 Å². The number of amides is 1. The second kappa shape index (κ2) is 10.9. The summed E-state index contributed by atoms with van der Waals surface area (Å²) in [6.45, 7) is 6.07. The van der Waals surface area contributed by atoms with Gasteiger partial charge in [0.25, 0.3) is 5.91 Å². The van der Waals surface area contributed by atoms with Crippen molar-refractivity contribution in [1.29, 1.82) is 0 Å². The van der Waals surface area contributed by atoms with Crippen molar-refractivity contribution in [2.24, 2.45) is 22.4 Å². The van der Waals surface area contributed by atoms with E-state index in [9.17, 15) is 13.2 Å². The molecule has 4 N–H and O–H groups in total. The molecule has 9 nitrogen and oxygen atoms in total. The molecule has 1 amide bonds. The van der Waals surface area contributed by atoms with Crippen LogP contribution < -0.4 is 11.5 Å². The number of sulfonamides is 1. The molecule has 192 valence electrons. The largest absolute Gasteiger partial charge is 0.387 e. The van der Waals surface area contributed by atoms with E-state index < -0.39 is 10.0 Å². The van der Waals surface area contributed by atoms with Crippen LogP contribution in [-0.2, 0) is 19.7 Å². The van der Waals surface area contributed by atoms with Gasteiger partial charge in [-0.05, 0) is 61.2 Å². The maximum absolute atomic E-state index is 13.1. The third-order valence-electron chi connectivity index (χ3n) is 6.27. The van der Waals surface area contributed by atoms with Crippen molar-refractivity contribution >= 4 is 33.5 Å². The Kier molecular flexibility index (Phi) is 7.89. The van der Waals surface area contributed by atoms with Crippen LogP contribution in [0.2, 0.25) is 0 Å². The molecule has 2 heterocycles. The Morgan fingerprint density at radius 2 is 1.92 bits per heavy atom. The number of nitrogens with two attached hydrogens (primary N) is 2. The van der Waals surface area contributed by atoms with Gasteiger partial charge in [0.1, 0.15) is 5.84 Å². The summed E-state index contributed by atoms with van der Waals surface area (Å²) in [6.07, 6.45) is 2.78. The van der Waals surface area contributed by atoms with Gasteiger partial charge in [-0.2, -0.15) is 4.31 Å². The average molecular weight is 512 g/mol. The normalized spacial score (nSPS) is 16.4. The zero-order valence-corrected chi connectivity index (χ0v) is 21.5. The van der Waals surface area contributed by atoms with Gasteiger partial charge in [0.2, 0.25) is 10.0 Å². The lowest BCUT2D eigenvalue weighted by molar-refractivity contribution is -0.180. The lowest BCUT2D eigenvalue weighted by atomic mass is 10.0. The van der Waals surface area contributed by atoms with E-state index in [0.29, 0.717) is 49.9 Å². The number of hydrogen-bond acceptors (Lipinski definition) is 7. The van der Waals surface area contributed by atoms with Crippen LogP contribution in [0.25, 0.3) is 17.2 Å². The monoisotopic (exact) mass is 511 g/mol. The molecule has 0 spiro atoms. The molecule has 2 aromatic rings. The van der Waals surface area contributed by atoms with E-state index >= 15 is 0 Å². The molecule has 36 heavy (non-hydrogen) atoms. The zero-order valence-electron chi connectivity index (χ0n) is 20.7. The fraction of sp³-hybridized carbons (Fsp3) is 0.385. The molecule has 0 unspecified atom stereocenters. The van der Waals surface area contributed by atoms with Crippen LogP contribution in [0.1, 0.15) is 32.3 Å². The van der Waals surface area contributed by atoms with Crippen molar-refractivity contribution in [1.82, 2.24) is 9.37 Å². The van der Waals surface area contributed by atoms with E-state index in [2.05, 4.69) is 4.99 Å². The maximum Gasteiger partial charge on any atom is 0.273 e. The molecule has 2 aromatic carbocycles. The lowest BCUT2D eigenvalue weighted by Gasteiger charge is -2.37. The standard InChI is InChI=1S/C26H33N5O4S/c1-3-10-31(35-4-2)26(32)22-11-21-9-8-20(13-24(21)29-25(28)14-22)19-6-5-7-23(12-19)36(33,34)30-16-18(15-27)17-30/h5-9,11-13,18H,3-4,10,14-17,27H2,1-2H3,(H2,28,29). The molecule has 1 saturated heterocycles. The summed E-state index contributed by atoms with van der Waals surface area (Å²) in [5, 5.41) is 1.37. The molecule has 0 atom stereocenters. The summed E-state index contributed by atoms with van der Waals surface area (Å²) in [4.78, 5) is 23.4. The van der Waals surface area contributed by atoms with E-state index in [4.69, 9.17) is 16.3 Å². The number of hydrogen-bond donors (Lipinski definition) is 2. The number of nitrogens with zero attached hydrogens (tertiary/aromatic N) is 3. The number of rotatable bonds is 9. The Morgan fingerprint density at radius 3 is 2.61 bits per heavy atom. The first-order valence-corrected chi connectivity index (χ1v) is 13.6. The smallest absolute Gasteiger partial charge is 0.273 e. The third kappa shape index (κ3) is 5.36. The van der Waals surface area contributed by atoms with Crippen LogP contribution in [0.3, 0.4) is 0 Å². The molecule has 0 saturated carbocycles. The molecular weight excluding hydrogens is 478 g/mol. The maximum atomic E-state index is 13.1. The first-order chi connectivity index (χ1) is 17.3. The van der Waals surface area contributed by atoms with Crippen LogP contribution in [0.15, 0.2) is 57.9 Å². The van der Waals surface area contributed by atoms with Crippen molar-refractivity contribution in [3.63, 3.8) is 0 Å². The second-order valence-corrected chi connectivity index (χ2v) is 10.9. The second-order valence-electron chi connectivity index (χ2n) is 9.00. The van der Waals surface area contributed by atoms with Crippen molar-refractivity contribution in [2.45, 2.75) is 31.6 Å². The minimum Gasteiger partial charge on any atom is -0.387 e. The first kappa shape index (κ1) is 26.0. The van der Waals surface area contributed by atoms with Crippen LogP contribution in [0.4, 0.5) is 5.69 Å². The van der Waals surface area contributed by atoms with E-state index in [1.54, 1.807) is 24.3 Å². The van der Waals surface area contributed by atoms with Crippen LogP contribution in [0, 0.1) is 5.92 Å². The predicted octanol–water partition coefficient (Wildman–Crippen LogP) is 2.90. The van der Waals surface area contributed by atoms with Gasteiger partial charge >= 0.3 is 0 Å². The summed E-state index contributed by atoms with van der Waals surface area (Å²) >= 11 is 0. The Labute approximate surface area is 212 Å². The Hall–Kier alpha value is -3.05. The number of aliphatic imine (C=N–C) groups is 1. The van der Waals surface area contributed by atoms with E-state index in [0.717, 1.165) is 23.1 Å². The van der Waals surface area contributed by atoms with Gasteiger partial charge in [0.15, 0.2) is 0 Å². The van der Waals surface area contributed by atoms with E-state index in [1.165, 1.54) is 9.37 Å². The van der Waals surface area contributed by atoms with Gasteiger partial charge < -0.3 is 11.5 Å². The number of amidine groups is 1. The number of fused-ring (bicyclic) bond motifs is 1. The molecular formula is C26H33N5O4S. The van der Waals surface area contributed by atoms with Crippen molar-refractivity contribution in [3.8, 4) is 11.1 Å². The quantitative estimate of drug-likeness (QED) is 0.498. The van der Waals surface area contributed by atoms with Gasteiger partial charge in [-0.15, -0.1) is 0 Å². The Balaban J connectivity index is 1.64. The van der Waals surface area contributed by atoms with Gasteiger partial charge in [-0.1, -0.05) is 31.2 Å². The van der Waals surface area contributed by atoms with Gasteiger partial charge in [0, 0.05) is 37.2 Å². The highest BCUT2D eigenvalue weighted by Gasteiger charge is 2.36. The number of hydroxylamine groups is 2. The molecule has 0 aromatic heterocycles. The molecule has 4 rings (SSSR count). The SMILES string of the molecule is CCCN(OCC)C(=O)C1=Cc2ccc(-c3cccc(S(=O)(=O)N4CC(CN)C4)c3)cc2N=C(N)C1. The molecule has 2 aliphatic heterocycles. The van der Waals surface area contributed by atoms with Crippen molar-refractivity contribution in [3.05, 3.63) is 53.6 Å². The van der Waals surface area contributed by atoms with Crippen molar-refractivity contribution < 1.29 is 18.0 Å². The summed E-state index contributed by atoms with van der Waals surface area (Å²) in [7, 11) is -3.58. The van der Waals surface area contributed by atoms with Crippen LogP contribution in [0.5, 0.6) is 0 Å². The highest BCUT2D eigenvalue weighted by Crippen LogP contribution is 2.33. The summed E-state index contributed by atoms with van der Waals surface area (Å²) < 4.78 is 27.5. The average Bonchev–Trinajstić information content (AvgIpc) is 3.00.